The number of hydrogen-bond donors (Lipinski definition) is 2. The van der Waals surface area contributed by atoms with Crippen molar-refractivity contribution in [1.82, 2.24) is 10.6 Å². The molecule has 0 aliphatic carbocycles. The first-order valence-corrected chi connectivity index (χ1v) is 2.41. The Labute approximate surface area is 56.2 Å². The van der Waals surface area contributed by atoms with Crippen LogP contribution in [-0.2, 0) is 0 Å². The van der Waals surface area contributed by atoms with Crippen LogP contribution in [0.15, 0.2) is 0 Å². The molecule has 38 valence electrons. The van der Waals surface area contributed by atoms with E-state index in [0.717, 1.165) is 26.2 Å². The molecule has 0 radical (unpaired) electrons. The Bertz CT molecular complexity index is 25.2. The Hall–Kier alpha value is 0.517. The van der Waals surface area contributed by atoms with Gasteiger partial charge in [0.15, 0.2) is 0 Å². The summed E-state index contributed by atoms with van der Waals surface area (Å²) >= 11 is 0. The molecule has 0 saturated carbocycles. The molecule has 1 rings (SSSR count). The fourth-order valence-electron chi connectivity index (χ4n) is 0.604. The third kappa shape index (κ3) is 3.13. The van der Waals surface area contributed by atoms with Gasteiger partial charge in [0, 0.05) is 26.2 Å². The van der Waals surface area contributed by atoms with E-state index in [0.29, 0.717) is 0 Å². The summed E-state index contributed by atoms with van der Waals surface area (Å²) in [6.45, 7) is 4.56. The van der Waals surface area contributed by atoms with E-state index in [4.69, 9.17) is 0 Å². The van der Waals surface area contributed by atoms with Crippen LogP contribution in [0.1, 0.15) is 0 Å². The molecular formula is C4H11LiN2. The molecule has 0 bridgehead atoms. The molecular weight excluding hydrogens is 83.0 g/mol. The SMILES string of the molecule is C1CNCCN1.[LiH]. The number of nitrogens with one attached hydrogen (secondary N) is 2. The zero-order chi connectivity index (χ0) is 4.24. The van der Waals surface area contributed by atoms with Gasteiger partial charge in [-0.3, -0.25) is 0 Å². The van der Waals surface area contributed by atoms with Gasteiger partial charge in [0.2, 0.25) is 0 Å². The minimum absolute atomic E-state index is 0. The van der Waals surface area contributed by atoms with Gasteiger partial charge in [0.05, 0.1) is 0 Å². The summed E-state index contributed by atoms with van der Waals surface area (Å²) in [7, 11) is 0. The molecule has 2 N–H and O–H groups in total. The zero-order valence-corrected chi connectivity index (χ0v) is 3.83. The van der Waals surface area contributed by atoms with Crippen LogP contribution in [0.25, 0.3) is 0 Å². The van der Waals surface area contributed by atoms with E-state index >= 15 is 0 Å². The van der Waals surface area contributed by atoms with Crippen molar-refractivity contribution in [2.75, 3.05) is 26.2 Å². The van der Waals surface area contributed by atoms with E-state index < -0.39 is 0 Å². The second-order valence-electron chi connectivity index (χ2n) is 1.50. The van der Waals surface area contributed by atoms with Gasteiger partial charge in [0.1, 0.15) is 0 Å². The van der Waals surface area contributed by atoms with E-state index in [1.165, 1.54) is 0 Å². The quantitative estimate of drug-likeness (QED) is 0.358. The number of rotatable bonds is 0. The van der Waals surface area contributed by atoms with Crippen LogP contribution in [-0.4, -0.2) is 45.0 Å². The first kappa shape index (κ1) is 7.52. The monoisotopic (exact) mass is 94.1 g/mol. The third-order valence-corrected chi connectivity index (χ3v) is 0.957. The van der Waals surface area contributed by atoms with Crippen molar-refractivity contribution in [2.24, 2.45) is 0 Å². The first-order chi connectivity index (χ1) is 3.00. The molecule has 0 atom stereocenters. The molecule has 0 aromatic heterocycles. The van der Waals surface area contributed by atoms with E-state index in [2.05, 4.69) is 10.6 Å². The molecule has 1 saturated heterocycles. The van der Waals surface area contributed by atoms with Crippen molar-refractivity contribution in [3.05, 3.63) is 0 Å². The molecule has 1 heterocycles. The summed E-state index contributed by atoms with van der Waals surface area (Å²) in [6.07, 6.45) is 0. The Balaban J connectivity index is 0.000000360. The van der Waals surface area contributed by atoms with Crippen LogP contribution < -0.4 is 10.6 Å². The van der Waals surface area contributed by atoms with Crippen molar-refractivity contribution in [3.8, 4) is 0 Å². The molecule has 0 unspecified atom stereocenters. The van der Waals surface area contributed by atoms with Crippen LogP contribution in [0.2, 0.25) is 0 Å². The molecule has 0 aromatic rings. The van der Waals surface area contributed by atoms with Gasteiger partial charge in [-0.05, 0) is 0 Å². The van der Waals surface area contributed by atoms with Crippen LogP contribution in [0.5, 0.6) is 0 Å². The van der Waals surface area contributed by atoms with Gasteiger partial charge in [-0.25, -0.2) is 0 Å². The predicted octanol–water partition coefficient (Wildman–Crippen LogP) is -1.47. The number of hydrogen-bond acceptors (Lipinski definition) is 2. The predicted molar refractivity (Wildman–Crippen MR) is 32.9 cm³/mol. The average molecular weight is 94.1 g/mol. The van der Waals surface area contributed by atoms with Crippen LogP contribution in [0.3, 0.4) is 0 Å². The Kier molecular flexibility index (Phi) is 5.02. The van der Waals surface area contributed by atoms with Crippen molar-refractivity contribution in [3.63, 3.8) is 0 Å². The first-order valence-electron chi connectivity index (χ1n) is 2.41. The summed E-state index contributed by atoms with van der Waals surface area (Å²) in [5.74, 6) is 0. The van der Waals surface area contributed by atoms with Crippen molar-refractivity contribution >= 4 is 18.9 Å². The van der Waals surface area contributed by atoms with Crippen LogP contribution in [0, 0.1) is 0 Å². The molecule has 1 fully saturated rings. The Morgan fingerprint density at radius 2 is 1.00 bits per heavy atom. The molecule has 7 heavy (non-hydrogen) atoms. The van der Waals surface area contributed by atoms with Gasteiger partial charge in [-0.15, -0.1) is 0 Å². The topological polar surface area (TPSA) is 24.1 Å². The molecule has 0 amide bonds. The van der Waals surface area contributed by atoms with Gasteiger partial charge in [-0.2, -0.15) is 0 Å². The van der Waals surface area contributed by atoms with Crippen molar-refractivity contribution in [2.45, 2.75) is 0 Å². The standard InChI is InChI=1S/C4H10N2.Li.H/c1-2-6-4-3-5-1;;/h5-6H,1-4H2;;. The van der Waals surface area contributed by atoms with Gasteiger partial charge >= 0.3 is 18.9 Å². The maximum atomic E-state index is 3.22. The fraction of sp³-hybridized carbons (Fsp3) is 1.00. The van der Waals surface area contributed by atoms with Crippen molar-refractivity contribution in [1.29, 1.82) is 0 Å². The number of piperazine rings is 1. The second-order valence-corrected chi connectivity index (χ2v) is 1.50. The summed E-state index contributed by atoms with van der Waals surface area (Å²) in [5.41, 5.74) is 0. The van der Waals surface area contributed by atoms with Crippen LogP contribution >= 0.6 is 0 Å². The normalized spacial score (nSPS) is 20.6. The van der Waals surface area contributed by atoms with Gasteiger partial charge in [-0.1, -0.05) is 0 Å². The average Bonchev–Trinajstić information content (AvgIpc) is 1.72. The molecule has 3 heteroatoms. The summed E-state index contributed by atoms with van der Waals surface area (Å²) in [5, 5.41) is 6.44. The molecule has 0 aromatic carbocycles. The van der Waals surface area contributed by atoms with Crippen LogP contribution in [0.4, 0.5) is 0 Å². The molecule has 1 aliphatic heterocycles. The zero-order valence-electron chi connectivity index (χ0n) is 3.83. The Morgan fingerprint density at radius 1 is 0.714 bits per heavy atom. The maximum absolute atomic E-state index is 3.22. The van der Waals surface area contributed by atoms with E-state index in [-0.39, 0.29) is 18.9 Å². The second kappa shape index (κ2) is 4.67. The summed E-state index contributed by atoms with van der Waals surface area (Å²) < 4.78 is 0. The van der Waals surface area contributed by atoms with E-state index in [9.17, 15) is 0 Å². The fourth-order valence-corrected chi connectivity index (χ4v) is 0.604. The van der Waals surface area contributed by atoms with Crippen molar-refractivity contribution < 1.29 is 0 Å². The summed E-state index contributed by atoms with van der Waals surface area (Å²) in [6, 6.07) is 0. The molecule has 1 aliphatic rings. The minimum atomic E-state index is 0. The molecule has 0 spiro atoms. The summed E-state index contributed by atoms with van der Waals surface area (Å²) in [4.78, 5) is 0. The van der Waals surface area contributed by atoms with Gasteiger partial charge < -0.3 is 10.6 Å². The van der Waals surface area contributed by atoms with Gasteiger partial charge in [0.25, 0.3) is 0 Å². The molecule has 2 nitrogen and oxygen atoms in total. The Morgan fingerprint density at radius 3 is 1.14 bits per heavy atom. The third-order valence-electron chi connectivity index (χ3n) is 0.957. The van der Waals surface area contributed by atoms with E-state index in [1.54, 1.807) is 0 Å². The van der Waals surface area contributed by atoms with E-state index in [1.807, 2.05) is 0 Å².